The molecule has 132 valence electrons. The summed E-state index contributed by atoms with van der Waals surface area (Å²) in [6.45, 7) is 0.909. The number of nitrogens with zero attached hydrogens (tertiary/aromatic N) is 4. The zero-order valence-corrected chi connectivity index (χ0v) is 13.8. The Morgan fingerprint density at radius 2 is 2.24 bits per heavy atom. The molecule has 1 amide bonds. The molecule has 3 heterocycles. The summed E-state index contributed by atoms with van der Waals surface area (Å²) < 4.78 is 5.03. The maximum absolute atomic E-state index is 12.8. The molecule has 9 heteroatoms. The van der Waals surface area contributed by atoms with E-state index in [-0.39, 0.29) is 23.2 Å². The molecule has 0 bridgehead atoms. The number of H-pyrrole nitrogens is 1. The Labute approximate surface area is 144 Å². The number of carbonyl (C=O) groups excluding carboxylic acids is 1. The van der Waals surface area contributed by atoms with Crippen LogP contribution in [0.15, 0.2) is 18.3 Å². The summed E-state index contributed by atoms with van der Waals surface area (Å²) >= 11 is 0. The highest BCUT2D eigenvalue weighted by molar-refractivity contribution is 5.94. The smallest absolute Gasteiger partial charge is 0.337 e. The molecule has 1 fully saturated rings. The van der Waals surface area contributed by atoms with E-state index in [1.54, 1.807) is 12.0 Å². The molecule has 25 heavy (non-hydrogen) atoms. The van der Waals surface area contributed by atoms with Gasteiger partial charge in [0, 0.05) is 19.9 Å². The van der Waals surface area contributed by atoms with Gasteiger partial charge in [0.25, 0.3) is 5.91 Å². The lowest BCUT2D eigenvalue weighted by molar-refractivity contribution is 0.0592. The summed E-state index contributed by atoms with van der Waals surface area (Å²) in [6.07, 6.45) is 3.83. The maximum Gasteiger partial charge on any atom is 0.337 e. The summed E-state index contributed by atoms with van der Waals surface area (Å²) in [5.74, 6) is -0.157. The van der Waals surface area contributed by atoms with Crippen LogP contribution in [0, 0.1) is 0 Å². The summed E-state index contributed by atoms with van der Waals surface area (Å²) in [4.78, 5) is 33.8. The van der Waals surface area contributed by atoms with E-state index in [0.717, 1.165) is 19.3 Å². The number of carboxylic acids is 1. The molecule has 3 rings (SSSR count). The number of carboxylic acid groups (broad SMARTS) is 1. The fourth-order valence-corrected chi connectivity index (χ4v) is 2.90. The van der Waals surface area contributed by atoms with Crippen molar-refractivity contribution in [2.45, 2.75) is 31.9 Å². The van der Waals surface area contributed by atoms with E-state index in [9.17, 15) is 9.59 Å². The van der Waals surface area contributed by atoms with Gasteiger partial charge < -0.3 is 14.7 Å². The van der Waals surface area contributed by atoms with E-state index in [1.807, 2.05) is 0 Å². The van der Waals surface area contributed by atoms with Crippen molar-refractivity contribution in [2.24, 2.45) is 0 Å². The molecule has 1 atom stereocenters. The number of amides is 1. The lowest BCUT2D eigenvalue weighted by Gasteiger charge is -2.33. The first-order valence-corrected chi connectivity index (χ1v) is 8.00. The number of hydrogen-bond acceptors (Lipinski definition) is 6. The molecule has 0 saturated carbocycles. The van der Waals surface area contributed by atoms with Crippen LogP contribution in [0.5, 0.6) is 0 Å². The molecule has 1 aliphatic heterocycles. The van der Waals surface area contributed by atoms with Crippen molar-refractivity contribution in [3.63, 3.8) is 0 Å². The summed E-state index contributed by atoms with van der Waals surface area (Å²) in [7, 11) is 1.57. The molecule has 0 aliphatic carbocycles. The Balaban J connectivity index is 1.81. The van der Waals surface area contributed by atoms with Gasteiger partial charge >= 0.3 is 5.97 Å². The number of methoxy groups -OCH3 is 1. The SMILES string of the molecule is COCc1nc(C2CCCCN2C(=O)c2ccc(C(=O)O)cn2)n[nH]1. The number of piperidine rings is 1. The minimum absolute atomic E-state index is 0.0462. The number of likely N-dealkylation sites (tertiary alicyclic amines) is 1. The van der Waals surface area contributed by atoms with E-state index >= 15 is 0 Å². The van der Waals surface area contributed by atoms with Crippen molar-refractivity contribution in [1.82, 2.24) is 25.1 Å². The Hall–Kier alpha value is -2.81. The van der Waals surface area contributed by atoms with E-state index in [4.69, 9.17) is 9.84 Å². The molecule has 1 aliphatic rings. The molecule has 0 aromatic carbocycles. The first kappa shape index (κ1) is 17.0. The predicted molar refractivity (Wildman–Crippen MR) is 85.9 cm³/mol. The van der Waals surface area contributed by atoms with Crippen molar-refractivity contribution in [1.29, 1.82) is 0 Å². The normalized spacial score (nSPS) is 17.5. The van der Waals surface area contributed by atoms with Gasteiger partial charge in [-0.2, -0.15) is 5.10 Å². The third kappa shape index (κ3) is 3.66. The van der Waals surface area contributed by atoms with Gasteiger partial charge in [0.05, 0.1) is 11.6 Å². The topological polar surface area (TPSA) is 121 Å². The quantitative estimate of drug-likeness (QED) is 0.840. The van der Waals surface area contributed by atoms with Crippen LogP contribution in [-0.2, 0) is 11.3 Å². The minimum Gasteiger partial charge on any atom is -0.478 e. The largest absolute Gasteiger partial charge is 0.478 e. The van der Waals surface area contributed by atoms with Crippen LogP contribution < -0.4 is 0 Å². The van der Waals surface area contributed by atoms with Crippen LogP contribution in [0.3, 0.4) is 0 Å². The predicted octanol–water partition coefficient (Wildman–Crippen LogP) is 1.41. The highest BCUT2D eigenvalue weighted by Crippen LogP contribution is 2.30. The number of nitrogens with one attached hydrogen (secondary N) is 1. The van der Waals surface area contributed by atoms with Crippen LogP contribution in [0.4, 0.5) is 0 Å². The molecule has 1 saturated heterocycles. The van der Waals surface area contributed by atoms with E-state index < -0.39 is 5.97 Å². The molecule has 0 spiro atoms. The van der Waals surface area contributed by atoms with E-state index in [0.29, 0.717) is 24.8 Å². The van der Waals surface area contributed by atoms with Crippen molar-refractivity contribution in [3.05, 3.63) is 41.2 Å². The average molecular weight is 345 g/mol. The van der Waals surface area contributed by atoms with Gasteiger partial charge in [0.2, 0.25) is 0 Å². The second-order valence-electron chi connectivity index (χ2n) is 5.82. The van der Waals surface area contributed by atoms with Gasteiger partial charge in [0.15, 0.2) is 11.6 Å². The molecule has 1 unspecified atom stereocenters. The molecule has 9 nitrogen and oxygen atoms in total. The van der Waals surface area contributed by atoms with E-state index in [1.165, 1.54) is 18.3 Å². The standard InChI is InChI=1S/C16H19N5O4/c1-25-9-13-18-14(20-19-13)12-4-2-3-7-21(12)15(22)11-6-5-10(8-17-11)16(23)24/h5-6,8,12H,2-4,7,9H2,1H3,(H,23,24)(H,18,19,20). The van der Waals surface area contributed by atoms with Gasteiger partial charge in [-0.3, -0.25) is 14.9 Å². The number of rotatable bonds is 5. The van der Waals surface area contributed by atoms with Crippen molar-refractivity contribution in [3.8, 4) is 0 Å². The number of pyridine rings is 1. The Morgan fingerprint density at radius 3 is 2.92 bits per heavy atom. The first-order valence-electron chi connectivity index (χ1n) is 8.00. The molecular weight excluding hydrogens is 326 g/mol. The van der Waals surface area contributed by atoms with Gasteiger partial charge in [0.1, 0.15) is 12.3 Å². The third-order valence-electron chi connectivity index (χ3n) is 4.12. The first-order chi connectivity index (χ1) is 12.1. The van der Waals surface area contributed by atoms with Crippen LogP contribution in [0.25, 0.3) is 0 Å². The lowest BCUT2D eigenvalue weighted by atomic mass is 10.0. The zero-order valence-electron chi connectivity index (χ0n) is 13.8. The fraction of sp³-hybridized carbons (Fsp3) is 0.438. The van der Waals surface area contributed by atoms with Crippen molar-refractivity contribution in [2.75, 3.05) is 13.7 Å². The summed E-state index contributed by atoms with van der Waals surface area (Å²) in [6, 6.07) is 2.58. The van der Waals surface area contributed by atoms with Gasteiger partial charge in [-0.25, -0.2) is 9.78 Å². The van der Waals surface area contributed by atoms with Crippen LogP contribution >= 0.6 is 0 Å². The van der Waals surface area contributed by atoms with Crippen molar-refractivity contribution < 1.29 is 19.4 Å². The lowest BCUT2D eigenvalue weighted by Crippen LogP contribution is -2.39. The third-order valence-corrected chi connectivity index (χ3v) is 4.12. The minimum atomic E-state index is -1.08. The molecule has 2 N–H and O–H groups in total. The van der Waals surface area contributed by atoms with Gasteiger partial charge in [-0.1, -0.05) is 0 Å². The van der Waals surface area contributed by atoms with E-state index in [2.05, 4.69) is 20.2 Å². The van der Waals surface area contributed by atoms with Gasteiger partial charge in [-0.15, -0.1) is 0 Å². The maximum atomic E-state index is 12.8. The monoisotopic (exact) mass is 345 g/mol. The number of aromatic nitrogens is 4. The van der Waals surface area contributed by atoms with Crippen molar-refractivity contribution >= 4 is 11.9 Å². The fourth-order valence-electron chi connectivity index (χ4n) is 2.90. The number of ether oxygens (including phenoxy) is 1. The Kier molecular flexibility index (Phi) is 5.03. The Morgan fingerprint density at radius 1 is 1.40 bits per heavy atom. The molecule has 2 aromatic rings. The number of carbonyl (C=O) groups is 2. The van der Waals surface area contributed by atoms with Crippen LogP contribution in [0.1, 0.15) is 57.8 Å². The highest BCUT2D eigenvalue weighted by atomic mass is 16.5. The molecular formula is C16H19N5O4. The number of aromatic carboxylic acids is 1. The molecule has 2 aromatic heterocycles. The second kappa shape index (κ2) is 7.39. The van der Waals surface area contributed by atoms with Crippen LogP contribution in [-0.4, -0.2) is 55.7 Å². The number of hydrogen-bond donors (Lipinski definition) is 2. The average Bonchev–Trinajstić information content (AvgIpc) is 3.10. The van der Waals surface area contributed by atoms with Gasteiger partial charge in [-0.05, 0) is 31.4 Å². The highest BCUT2D eigenvalue weighted by Gasteiger charge is 2.32. The molecule has 0 radical (unpaired) electrons. The second-order valence-corrected chi connectivity index (χ2v) is 5.82. The van der Waals surface area contributed by atoms with Crippen LogP contribution in [0.2, 0.25) is 0 Å². The zero-order chi connectivity index (χ0) is 17.8. The number of aromatic amines is 1. The summed E-state index contributed by atoms with van der Waals surface area (Å²) in [5, 5.41) is 16.0. The summed E-state index contributed by atoms with van der Waals surface area (Å²) in [5.41, 5.74) is 0.259. The Bertz CT molecular complexity index is 758.